The quantitative estimate of drug-likeness (QED) is 0.538. The summed E-state index contributed by atoms with van der Waals surface area (Å²) in [6.07, 6.45) is 5.37. The van der Waals surface area contributed by atoms with Crippen LogP contribution in [0.15, 0.2) is 71.8 Å². The summed E-state index contributed by atoms with van der Waals surface area (Å²) in [7, 11) is 0. The Morgan fingerprint density at radius 1 is 1.16 bits per heavy atom. The molecule has 0 radical (unpaired) electrons. The van der Waals surface area contributed by atoms with Gasteiger partial charge >= 0.3 is 0 Å². The van der Waals surface area contributed by atoms with Gasteiger partial charge in [-0.25, -0.2) is 9.67 Å². The van der Waals surface area contributed by atoms with Crippen LogP contribution in [0, 0.1) is 0 Å². The number of pyridine rings is 1. The smallest absolute Gasteiger partial charge is 0.267 e. The van der Waals surface area contributed by atoms with Gasteiger partial charge in [-0.2, -0.15) is 5.10 Å². The average molecular weight is 419 g/mol. The van der Waals surface area contributed by atoms with E-state index in [1.807, 2.05) is 36.4 Å². The summed E-state index contributed by atoms with van der Waals surface area (Å²) < 4.78 is 1.09. The second kappa shape index (κ2) is 9.63. The summed E-state index contributed by atoms with van der Waals surface area (Å²) in [5.74, 6) is 0.0609. The second-order valence-corrected chi connectivity index (χ2v) is 7.73. The molecule has 0 bridgehead atoms. The maximum absolute atomic E-state index is 12.1. The SMILES string of the molecule is O=C(Cn1ncccc1=O)Nc1ccc(C[C@@H]2CC[C@H]([C@H](O)c3ccccc3)N2)cn1. The molecule has 1 fully saturated rings. The van der Waals surface area contributed by atoms with Gasteiger partial charge in [0.1, 0.15) is 12.4 Å². The van der Waals surface area contributed by atoms with Crippen LogP contribution in [0.1, 0.15) is 30.1 Å². The van der Waals surface area contributed by atoms with Crippen LogP contribution < -0.4 is 16.2 Å². The fourth-order valence-electron chi connectivity index (χ4n) is 3.87. The largest absolute Gasteiger partial charge is 0.387 e. The van der Waals surface area contributed by atoms with Gasteiger partial charge < -0.3 is 15.7 Å². The number of carbonyl (C=O) groups is 1. The number of carbonyl (C=O) groups excluding carboxylic acids is 1. The molecular formula is C23H25N5O3. The Labute approximate surface area is 180 Å². The highest BCUT2D eigenvalue weighted by atomic mass is 16.3. The minimum Gasteiger partial charge on any atom is -0.387 e. The van der Waals surface area contributed by atoms with Gasteiger partial charge in [-0.1, -0.05) is 36.4 Å². The third-order valence-corrected chi connectivity index (χ3v) is 5.45. The van der Waals surface area contributed by atoms with Crippen molar-refractivity contribution in [2.45, 2.75) is 44.0 Å². The average Bonchev–Trinajstić information content (AvgIpc) is 3.25. The number of anilines is 1. The highest BCUT2D eigenvalue weighted by Gasteiger charge is 2.29. The predicted octanol–water partition coefficient (Wildman–Crippen LogP) is 1.67. The van der Waals surface area contributed by atoms with Crippen LogP contribution in [0.25, 0.3) is 0 Å². The van der Waals surface area contributed by atoms with Gasteiger partial charge in [-0.3, -0.25) is 9.59 Å². The van der Waals surface area contributed by atoms with Crippen molar-refractivity contribution in [1.29, 1.82) is 0 Å². The lowest BCUT2D eigenvalue weighted by atomic mass is 10.0. The van der Waals surface area contributed by atoms with E-state index in [2.05, 4.69) is 20.7 Å². The molecule has 1 aromatic carbocycles. The third kappa shape index (κ3) is 5.42. The van der Waals surface area contributed by atoms with E-state index < -0.39 is 6.10 Å². The van der Waals surface area contributed by atoms with Crippen LogP contribution in [0.3, 0.4) is 0 Å². The first-order valence-corrected chi connectivity index (χ1v) is 10.3. The van der Waals surface area contributed by atoms with E-state index in [1.165, 1.54) is 18.3 Å². The molecule has 2 aromatic heterocycles. The van der Waals surface area contributed by atoms with E-state index >= 15 is 0 Å². The van der Waals surface area contributed by atoms with Crippen molar-refractivity contribution in [1.82, 2.24) is 20.1 Å². The lowest BCUT2D eigenvalue weighted by molar-refractivity contribution is -0.117. The molecule has 3 atom stereocenters. The number of hydrogen-bond donors (Lipinski definition) is 3. The number of aliphatic hydroxyl groups is 1. The molecule has 31 heavy (non-hydrogen) atoms. The standard InChI is InChI=1S/C23H25N5O3/c29-21(15-28-22(30)7-4-12-25-28)27-20-11-8-16(14-24-20)13-18-9-10-19(26-18)23(31)17-5-2-1-3-6-17/h1-8,11-12,14,18-19,23,26,31H,9-10,13,15H2,(H,24,27,29)/t18-,19+,23+/m0/s1. The predicted molar refractivity (Wildman–Crippen MR) is 116 cm³/mol. The molecule has 1 saturated heterocycles. The molecule has 0 spiro atoms. The van der Waals surface area contributed by atoms with Gasteiger partial charge in [0.15, 0.2) is 0 Å². The third-order valence-electron chi connectivity index (χ3n) is 5.45. The van der Waals surface area contributed by atoms with E-state index in [0.717, 1.165) is 35.1 Å². The number of nitrogens with one attached hydrogen (secondary N) is 2. The van der Waals surface area contributed by atoms with Crippen LogP contribution in [0.5, 0.6) is 0 Å². The van der Waals surface area contributed by atoms with Crippen molar-refractivity contribution in [2.75, 3.05) is 5.32 Å². The maximum atomic E-state index is 12.1. The molecule has 3 aromatic rings. The molecule has 1 aliphatic rings. The number of aromatic nitrogens is 3. The van der Waals surface area contributed by atoms with Gasteiger partial charge in [-0.15, -0.1) is 0 Å². The Bertz CT molecular complexity index is 1070. The number of rotatable bonds is 7. The van der Waals surface area contributed by atoms with E-state index in [9.17, 15) is 14.7 Å². The van der Waals surface area contributed by atoms with Crippen molar-refractivity contribution < 1.29 is 9.90 Å². The van der Waals surface area contributed by atoms with Gasteiger partial charge in [0.25, 0.3) is 5.56 Å². The molecule has 3 heterocycles. The van der Waals surface area contributed by atoms with Crippen LogP contribution in [-0.2, 0) is 17.8 Å². The highest BCUT2D eigenvalue weighted by molar-refractivity contribution is 5.89. The molecule has 0 saturated carbocycles. The van der Waals surface area contributed by atoms with E-state index in [-0.39, 0.29) is 30.1 Å². The topological polar surface area (TPSA) is 109 Å². The fraction of sp³-hybridized carbons (Fsp3) is 0.304. The lowest BCUT2D eigenvalue weighted by Gasteiger charge is -2.20. The summed E-state index contributed by atoms with van der Waals surface area (Å²) in [6.45, 7) is -0.166. The zero-order valence-electron chi connectivity index (χ0n) is 17.0. The van der Waals surface area contributed by atoms with E-state index in [4.69, 9.17) is 0 Å². The van der Waals surface area contributed by atoms with Gasteiger partial charge in [0.2, 0.25) is 5.91 Å². The second-order valence-electron chi connectivity index (χ2n) is 7.73. The Kier molecular flexibility index (Phi) is 6.49. The van der Waals surface area contributed by atoms with Crippen LogP contribution >= 0.6 is 0 Å². The molecule has 4 rings (SSSR count). The first-order chi connectivity index (χ1) is 15.1. The monoisotopic (exact) mass is 419 g/mol. The molecule has 8 nitrogen and oxygen atoms in total. The highest BCUT2D eigenvalue weighted by Crippen LogP contribution is 2.26. The Morgan fingerprint density at radius 2 is 2.00 bits per heavy atom. The lowest BCUT2D eigenvalue weighted by Crippen LogP contribution is -2.35. The zero-order chi connectivity index (χ0) is 21.6. The Morgan fingerprint density at radius 3 is 2.74 bits per heavy atom. The number of benzene rings is 1. The summed E-state index contributed by atoms with van der Waals surface area (Å²) in [5, 5.41) is 20.7. The molecule has 0 aliphatic carbocycles. The van der Waals surface area contributed by atoms with Crippen molar-refractivity contribution in [2.24, 2.45) is 0 Å². The van der Waals surface area contributed by atoms with Crippen LogP contribution in [-0.4, -0.2) is 37.9 Å². The molecular weight excluding hydrogens is 394 g/mol. The minimum absolute atomic E-state index is 0.0360. The molecule has 0 unspecified atom stereocenters. The Hall–Kier alpha value is -3.36. The van der Waals surface area contributed by atoms with E-state index in [0.29, 0.717) is 5.82 Å². The minimum atomic E-state index is -0.520. The van der Waals surface area contributed by atoms with Gasteiger partial charge in [0, 0.05) is 30.5 Å². The summed E-state index contributed by atoms with van der Waals surface area (Å²) >= 11 is 0. The van der Waals surface area contributed by atoms with Crippen molar-refractivity contribution in [3.8, 4) is 0 Å². The molecule has 160 valence electrons. The summed E-state index contributed by atoms with van der Waals surface area (Å²) in [4.78, 5) is 28.1. The van der Waals surface area contributed by atoms with Gasteiger partial charge in [0.05, 0.1) is 6.10 Å². The fourth-order valence-corrected chi connectivity index (χ4v) is 3.87. The first kappa shape index (κ1) is 20.9. The normalized spacial score (nSPS) is 19.1. The van der Waals surface area contributed by atoms with Crippen LogP contribution in [0.4, 0.5) is 5.82 Å². The number of hydrogen-bond acceptors (Lipinski definition) is 6. The van der Waals surface area contributed by atoms with Gasteiger partial charge in [-0.05, 0) is 42.5 Å². The first-order valence-electron chi connectivity index (χ1n) is 10.3. The summed E-state index contributed by atoms with van der Waals surface area (Å²) in [5.41, 5.74) is 1.64. The molecule has 3 N–H and O–H groups in total. The Balaban J connectivity index is 1.28. The summed E-state index contributed by atoms with van der Waals surface area (Å²) in [6, 6.07) is 16.6. The van der Waals surface area contributed by atoms with E-state index in [1.54, 1.807) is 12.3 Å². The van der Waals surface area contributed by atoms with Crippen molar-refractivity contribution in [3.05, 3.63) is 88.5 Å². The van der Waals surface area contributed by atoms with Crippen LogP contribution in [0.2, 0.25) is 0 Å². The zero-order valence-corrected chi connectivity index (χ0v) is 17.0. The molecule has 8 heteroatoms. The maximum Gasteiger partial charge on any atom is 0.267 e. The number of amides is 1. The number of aliphatic hydroxyl groups excluding tert-OH is 1. The molecule has 1 aliphatic heterocycles. The van der Waals surface area contributed by atoms with Crippen molar-refractivity contribution in [3.63, 3.8) is 0 Å². The van der Waals surface area contributed by atoms with Crippen molar-refractivity contribution >= 4 is 11.7 Å². The number of nitrogens with zero attached hydrogens (tertiary/aromatic N) is 3. The molecule has 1 amide bonds.